The summed E-state index contributed by atoms with van der Waals surface area (Å²) in [5.74, 6) is -1.06. The van der Waals surface area contributed by atoms with E-state index in [0.717, 1.165) is 25.2 Å². The molecule has 0 unspecified atom stereocenters. The number of nitrogens with one attached hydrogen (secondary N) is 1. The van der Waals surface area contributed by atoms with Crippen LogP contribution in [0.3, 0.4) is 0 Å². The van der Waals surface area contributed by atoms with Crippen molar-refractivity contribution < 1.29 is 13.2 Å². The Balaban J connectivity index is 1.79. The number of nitrogens with zero attached hydrogens (tertiary/aromatic N) is 1. The van der Waals surface area contributed by atoms with Crippen LogP contribution in [0.5, 0.6) is 0 Å². The fraction of sp³-hybridized carbons (Fsp3) is 0.316. The number of halogens is 1. The highest BCUT2D eigenvalue weighted by Gasteiger charge is 2.19. The van der Waals surface area contributed by atoms with E-state index < -0.39 is 21.5 Å². The van der Waals surface area contributed by atoms with Crippen LogP contribution in [-0.2, 0) is 14.6 Å². The van der Waals surface area contributed by atoms with Gasteiger partial charge in [0.05, 0.1) is 4.90 Å². The highest BCUT2D eigenvalue weighted by molar-refractivity contribution is 7.92. The van der Waals surface area contributed by atoms with Gasteiger partial charge >= 0.3 is 0 Å². The first-order chi connectivity index (χ1) is 12.4. The summed E-state index contributed by atoms with van der Waals surface area (Å²) in [6, 6.07) is 15.8. The summed E-state index contributed by atoms with van der Waals surface area (Å²) in [5.41, 5.74) is 1.13. The molecule has 0 aliphatic rings. The van der Waals surface area contributed by atoms with Gasteiger partial charge in [-0.15, -0.1) is 0 Å². The maximum absolute atomic E-state index is 12.2. The van der Waals surface area contributed by atoms with Crippen molar-refractivity contribution in [2.75, 3.05) is 30.3 Å². The van der Waals surface area contributed by atoms with Gasteiger partial charge in [-0.1, -0.05) is 29.8 Å². The second-order valence-corrected chi connectivity index (χ2v) is 8.26. The monoisotopic (exact) mass is 394 g/mol. The number of sulfone groups is 1. The zero-order chi connectivity index (χ0) is 19.0. The van der Waals surface area contributed by atoms with Gasteiger partial charge in [-0.05, 0) is 49.7 Å². The number of benzene rings is 2. The number of carbonyl (C=O) groups excluding carboxylic acids is 1. The Bertz CT molecular complexity index is 808. The molecular formula is C19H23ClN2O3S. The molecule has 0 aromatic heterocycles. The van der Waals surface area contributed by atoms with E-state index >= 15 is 0 Å². The SMILES string of the molecule is CCN(CCCNC(=O)CS(=O)(=O)c1ccc(Cl)cc1)c1ccccc1. The van der Waals surface area contributed by atoms with Gasteiger partial charge in [-0.2, -0.15) is 0 Å². The third-order valence-corrected chi connectivity index (χ3v) is 5.81. The normalized spacial score (nSPS) is 11.2. The summed E-state index contributed by atoms with van der Waals surface area (Å²) in [7, 11) is -3.66. The van der Waals surface area contributed by atoms with Crippen LogP contribution in [0.25, 0.3) is 0 Å². The molecule has 140 valence electrons. The summed E-state index contributed by atoms with van der Waals surface area (Å²) in [4.78, 5) is 14.3. The van der Waals surface area contributed by atoms with Gasteiger partial charge in [-0.3, -0.25) is 4.79 Å². The average molecular weight is 395 g/mol. The third-order valence-electron chi connectivity index (χ3n) is 3.92. The summed E-state index contributed by atoms with van der Waals surface area (Å²) in [6.07, 6.45) is 0.732. The fourth-order valence-electron chi connectivity index (χ4n) is 2.56. The average Bonchev–Trinajstić information content (AvgIpc) is 2.62. The maximum atomic E-state index is 12.2. The van der Waals surface area contributed by atoms with Gasteiger partial charge in [0, 0.05) is 30.3 Å². The van der Waals surface area contributed by atoms with Crippen LogP contribution in [0, 0.1) is 0 Å². The highest BCUT2D eigenvalue weighted by Crippen LogP contribution is 2.15. The summed E-state index contributed by atoms with van der Waals surface area (Å²) < 4.78 is 24.4. The molecule has 0 heterocycles. The molecule has 0 fully saturated rings. The fourth-order valence-corrected chi connectivity index (χ4v) is 3.85. The van der Waals surface area contributed by atoms with E-state index in [4.69, 9.17) is 11.6 Å². The van der Waals surface area contributed by atoms with E-state index in [1.54, 1.807) is 0 Å². The number of para-hydroxylation sites is 1. The number of carbonyl (C=O) groups is 1. The van der Waals surface area contributed by atoms with Gasteiger partial charge in [-0.25, -0.2) is 8.42 Å². The molecule has 26 heavy (non-hydrogen) atoms. The number of anilines is 1. The number of rotatable bonds is 9. The lowest BCUT2D eigenvalue weighted by Crippen LogP contribution is -2.33. The summed E-state index contributed by atoms with van der Waals surface area (Å²) in [6.45, 7) is 4.15. The van der Waals surface area contributed by atoms with Crippen LogP contribution in [-0.4, -0.2) is 39.7 Å². The van der Waals surface area contributed by atoms with Gasteiger partial charge in [0.1, 0.15) is 5.75 Å². The first-order valence-corrected chi connectivity index (χ1v) is 10.5. The third kappa shape index (κ3) is 6.04. The van der Waals surface area contributed by atoms with Crippen molar-refractivity contribution >= 4 is 33.0 Å². The van der Waals surface area contributed by atoms with Crippen LogP contribution < -0.4 is 10.2 Å². The minimum absolute atomic E-state index is 0.0956. The Hall–Kier alpha value is -2.05. The summed E-state index contributed by atoms with van der Waals surface area (Å²) >= 11 is 5.76. The lowest BCUT2D eigenvalue weighted by Gasteiger charge is -2.23. The molecule has 0 saturated heterocycles. The van der Waals surface area contributed by atoms with Gasteiger partial charge in [0.15, 0.2) is 9.84 Å². The number of amides is 1. The van der Waals surface area contributed by atoms with E-state index in [1.807, 2.05) is 30.3 Å². The molecule has 0 bridgehead atoms. The largest absolute Gasteiger partial charge is 0.372 e. The lowest BCUT2D eigenvalue weighted by molar-refractivity contribution is -0.118. The molecular weight excluding hydrogens is 372 g/mol. The second-order valence-electron chi connectivity index (χ2n) is 5.83. The Kier molecular flexibility index (Phi) is 7.48. The van der Waals surface area contributed by atoms with Crippen molar-refractivity contribution in [1.29, 1.82) is 0 Å². The van der Waals surface area contributed by atoms with E-state index in [9.17, 15) is 13.2 Å². The molecule has 7 heteroatoms. The smallest absolute Gasteiger partial charge is 0.235 e. The Morgan fingerprint density at radius 2 is 1.73 bits per heavy atom. The Labute approximate surface area is 159 Å². The van der Waals surface area contributed by atoms with Crippen LogP contribution >= 0.6 is 11.6 Å². The van der Waals surface area contributed by atoms with Crippen LogP contribution in [0.2, 0.25) is 5.02 Å². The van der Waals surface area contributed by atoms with Crippen LogP contribution in [0.15, 0.2) is 59.5 Å². The molecule has 1 N–H and O–H groups in total. The second kappa shape index (κ2) is 9.59. The molecule has 1 amide bonds. The molecule has 2 rings (SSSR count). The first-order valence-electron chi connectivity index (χ1n) is 8.47. The maximum Gasteiger partial charge on any atom is 0.235 e. The first kappa shape index (κ1) is 20.3. The Morgan fingerprint density at radius 1 is 1.08 bits per heavy atom. The summed E-state index contributed by atoms with van der Waals surface area (Å²) in [5, 5.41) is 3.13. The van der Waals surface area contributed by atoms with E-state index in [0.29, 0.717) is 11.6 Å². The van der Waals surface area contributed by atoms with Crippen molar-refractivity contribution in [2.24, 2.45) is 0 Å². The predicted molar refractivity (Wildman–Crippen MR) is 105 cm³/mol. The molecule has 0 aliphatic carbocycles. The minimum atomic E-state index is -3.66. The molecule has 0 saturated carbocycles. The van der Waals surface area contributed by atoms with Gasteiger partial charge < -0.3 is 10.2 Å². The van der Waals surface area contributed by atoms with Gasteiger partial charge in [0.2, 0.25) is 5.91 Å². The predicted octanol–water partition coefficient (Wildman–Crippen LogP) is 3.15. The van der Waals surface area contributed by atoms with Crippen molar-refractivity contribution in [3.63, 3.8) is 0 Å². The topological polar surface area (TPSA) is 66.5 Å². The molecule has 5 nitrogen and oxygen atoms in total. The number of hydrogen-bond acceptors (Lipinski definition) is 4. The molecule has 0 spiro atoms. The van der Waals surface area contributed by atoms with E-state index in [2.05, 4.69) is 17.1 Å². The molecule has 0 atom stereocenters. The van der Waals surface area contributed by atoms with Crippen LogP contribution in [0.4, 0.5) is 5.69 Å². The molecule has 0 radical (unpaired) electrons. The molecule has 2 aromatic rings. The highest BCUT2D eigenvalue weighted by atomic mass is 35.5. The lowest BCUT2D eigenvalue weighted by atomic mass is 10.2. The molecule has 0 aliphatic heterocycles. The van der Waals surface area contributed by atoms with Crippen molar-refractivity contribution in [3.05, 3.63) is 59.6 Å². The zero-order valence-corrected chi connectivity index (χ0v) is 16.3. The van der Waals surface area contributed by atoms with Gasteiger partial charge in [0.25, 0.3) is 0 Å². The van der Waals surface area contributed by atoms with Crippen molar-refractivity contribution in [3.8, 4) is 0 Å². The minimum Gasteiger partial charge on any atom is -0.372 e. The van der Waals surface area contributed by atoms with Crippen molar-refractivity contribution in [1.82, 2.24) is 5.32 Å². The zero-order valence-electron chi connectivity index (χ0n) is 14.7. The van der Waals surface area contributed by atoms with Crippen LogP contribution in [0.1, 0.15) is 13.3 Å². The molecule has 2 aromatic carbocycles. The van der Waals surface area contributed by atoms with E-state index in [1.165, 1.54) is 24.3 Å². The quantitative estimate of drug-likeness (QED) is 0.663. The number of hydrogen-bond donors (Lipinski definition) is 1. The standard InChI is InChI=1S/C19H23ClN2O3S/c1-2-22(17-7-4-3-5-8-17)14-6-13-21-19(23)15-26(24,25)18-11-9-16(20)10-12-18/h3-5,7-12H,2,6,13-15H2,1H3,(H,21,23). The Morgan fingerprint density at radius 3 is 2.35 bits per heavy atom. The van der Waals surface area contributed by atoms with Crippen molar-refractivity contribution in [2.45, 2.75) is 18.2 Å². The van der Waals surface area contributed by atoms with E-state index in [-0.39, 0.29) is 4.90 Å².